The van der Waals surface area contributed by atoms with Crippen molar-refractivity contribution in [3.05, 3.63) is 120 Å². The molecule has 1 aliphatic rings. The summed E-state index contributed by atoms with van der Waals surface area (Å²) < 4.78 is 5.35. The smallest absolute Gasteiger partial charge is 0.325 e. The summed E-state index contributed by atoms with van der Waals surface area (Å²) in [5, 5.41) is 0. The van der Waals surface area contributed by atoms with Gasteiger partial charge in [-0.2, -0.15) is 0 Å². The first-order chi connectivity index (χ1) is 13.8. The second-order valence-corrected chi connectivity index (χ2v) is 6.90. The fourth-order valence-electron chi connectivity index (χ4n) is 3.98. The summed E-state index contributed by atoms with van der Waals surface area (Å²) in [6.07, 6.45) is 1.60. The molecule has 1 aliphatic heterocycles. The number of benzene rings is 3. The Morgan fingerprint density at radius 3 is 1.71 bits per heavy atom. The summed E-state index contributed by atoms with van der Waals surface area (Å²) in [4.78, 5) is 14.8. The summed E-state index contributed by atoms with van der Waals surface area (Å²) in [5.74, 6) is -0.202. The highest BCUT2D eigenvalue weighted by atomic mass is 16.5. The number of rotatable bonds is 7. The molecule has 0 N–H and O–H groups in total. The van der Waals surface area contributed by atoms with Crippen molar-refractivity contribution < 1.29 is 9.53 Å². The average molecular weight is 369 g/mol. The van der Waals surface area contributed by atoms with Crippen molar-refractivity contribution in [2.75, 3.05) is 13.2 Å². The van der Waals surface area contributed by atoms with E-state index in [-0.39, 0.29) is 18.6 Å². The van der Waals surface area contributed by atoms with Crippen LogP contribution in [0.5, 0.6) is 0 Å². The van der Waals surface area contributed by atoms with E-state index < -0.39 is 5.54 Å². The van der Waals surface area contributed by atoms with Crippen molar-refractivity contribution in [3.8, 4) is 0 Å². The summed E-state index contributed by atoms with van der Waals surface area (Å²) >= 11 is 0. The average Bonchev–Trinajstić information content (AvgIpc) is 3.56. The predicted octanol–water partition coefficient (Wildman–Crippen LogP) is 4.39. The maximum atomic E-state index is 12.6. The van der Waals surface area contributed by atoms with E-state index in [0.717, 1.165) is 16.7 Å². The minimum Gasteiger partial charge on any atom is -0.460 e. The molecule has 2 atom stereocenters. The van der Waals surface area contributed by atoms with E-state index in [4.69, 9.17) is 4.74 Å². The first-order valence-electron chi connectivity index (χ1n) is 9.49. The molecule has 0 spiro atoms. The molecule has 3 aromatic rings. The van der Waals surface area contributed by atoms with Gasteiger partial charge in [0.1, 0.15) is 12.6 Å². The van der Waals surface area contributed by atoms with Gasteiger partial charge >= 0.3 is 5.97 Å². The van der Waals surface area contributed by atoms with E-state index in [1.165, 1.54) is 0 Å². The van der Waals surface area contributed by atoms with E-state index >= 15 is 0 Å². The van der Waals surface area contributed by atoms with Gasteiger partial charge in [-0.25, -0.2) is 0 Å². The summed E-state index contributed by atoms with van der Waals surface area (Å²) in [5.41, 5.74) is 2.84. The van der Waals surface area contributed by atoms with Crippen LogP contribution in [-0.2, 0) is 15.1 Å². The van der Waals surface area contributed by atoms with Crippen LogP contribution in [0.3, 0.4) is 0 Å². The SMILES string of the molecule is C=CCOC(=O)[C@@H]1CN1C(c1ccccc1)(c1ccccc1)c1ccccc1. The lowest BCUT2D eigenvalue weighted by molar-refractivity contribution is -0.143. The standard InChI is InChI=1S/C25H23NO2/c1-2-18-28-24(27)23-19-26(23)25(20-12-6-3-7-13-20,21-14-8-4-9-15-21)22-16-10-5-11-17-22/h2-17,23H,1,18-19H2/t23-,26?/m0/s1. The van der Waals surface area contributed by atoms with Crippen molar-refractivity contribution in [3.63, 3.8) is 0 Å². The van der Waals surface area contributed by atoms with Gasteiger partial charge in [0.05, 0.1) is 5.54 Å². The van der Waals surface area contributed by atoms with Crippen LogP contribution in [0.1, 0.15) is 16.7 Å². The first kappa shape index (κ1) is 18.2. The summed E-state index contributed by atoms with van der Waals surface area (Å²) in [6, 6.07) is 30.8. The number of carbonyl (C=O) groups excluding carboxylic acids is 1. The van der Waals surface area contributed by atoms with E-state index in [2.05, 4.69) is 47.9 Å². The molecule has 0 radical (unpaired) electrons. The van der Waals surface area contributed by atoms with Crippen molar-refractivity contribution in [2.45, 2.75) is 11.6 Å². The molecular formula is C25H23NO2. The van der Waals surface area contributed by atoms with Gasteiger partial charge in [-0.05, 0) is 16.7 Å². The van der Waals surface area contributed by atoms with Gasteiger partial charge in [-0.1, -0.05) is 104 Å². The highest BCUT2D eigenvalue weighted by molar-refractivity contribution is 5.80. The number of hydrogen-bond donors (Lipinski definition) is 0. The second-order valence-electron chi connectivity index (χ2n) is 6.90. The molecule has 0 aliphatic carbocycles. The Labute approximate surface area is 165 Å². The Morgan fingerprint density at radius 1 is 0.893 bits per heavy atom. The van der Waals surface area contributed by atoms with E-state index in [0.29, 0.717) is 6.54 Å². The Bertz CT molecular complexity index is 841. The van der Waals surface area contributed by atoms with Crippen molar-refractivity contribution >= 4 is 5.97 Å². The number of esters is 1. The molecule has 1 fully saturated rings. The highest BCUT2D eigenvalue weighted by Crippen LogP contribution is 2.48. The minimum atomic E-state index is -0.554. The third-order valence-corrected chi connectivity index (χ3v) is 5.23. The minimum absolute atomic E-state index is 0.202. The number of nitrogens with zero attached hydrogens (tertiary/aromatic N) is 1. The van der Waals surface area contributed by atoms with Crippen LogP contribution in [0.15, 0.2) is 104 Å². The number of ether oxygens (including phenoxy) is 1. The van der Waals surface area contributed by atoms with Crippen LogP contribution < -0.4 is 0 Å². The van der Waals surface area contributed by atoms with Crippen molar-refractivity contribution in [1.29, 1.82) is 0 Å². The Morgan fingerprint density at radius 2 is 1.32 bits per heavy atom. The largest absolute Gasteiger partial charge is 0.460 e. The zero-order chi connectivity index (χ0) is 19.4. The van der Waals surface area contributed by atoms with Crippen LogP contribution in [0.4, 0.5) is 0 Å². The fourth-order valence-corrected chi connectivity index (χ4v) is 3.98. The van der Waals surface area contributed by atoms with Crippen LogP contribution in [-0.4, -0.2) is 30.1 Å². The molecule has 28 heavy (non-hydrogen) atoms. The number of carbonyl (C=O) groups is 1. The quantitative estimate of drug-likeness (QED) is 0.268. The Kier molecular flexibility index (Phi) is 5.09. The third-order valence-electron chi connectivity index (χ3n) is 5.23. The van der Waals surface area contributed by atoms with Gasteiger partial charge in [-0.3, -0.25) is 9.69 Å². The van der Waals surface area contributed by atoms with Crippen molar-refractivity contribution in [1.82, 2.24) is 4.90 Å². The normalized spacial score (nSPS) is 18.3. The van der Waals surface area contributed by atoms with E-state index in [1.807, 2.05) is 54.6 Å². The molecule has 140 valence electrons. The molecule has 3 heteroatoms. The van der Waals surface area contributed by atoms with Gasteiger partial charge < -0.3 is 4.74 Å². The lowest BCUT2D eigenvalue weighted by atomic mass is 9.76. The molecule has 4 rings (SSSR count). The number of hydrogen-bond acceptors (Lipinski definition) is 3. The molecule has 1 unspecified atom stereocenters. The van der Waals surface area contributed by atoms with E-state index in [9.17, 15) is 4.79 Å². The zero-order valence-corrected chi connectivity index (χ0v) is 15.7. The lowest BCUT2D eigenvalue weighted by Crippen LogP contribution is -2.40. The molecule has 0 amide bonds. The fraction of sp³-hybridized carbons (Fsp3) is 0.160. The molecule has 0 aromatic heterocycles. The molecule has 1 saturated heterocycles. The van der Waals surface area contributed by atoms with Crippen LogP contribution in [0.2, 0.25) is 0 Å². The Hall–Kier alpha value is -3.17. The van der Waals surface area contributed by atoms with Gasteiger partial charge in [0.25, 0.3) is 0 Å². The third kappa shape index (κ3) is 3.14. The van der Waals surface area contributed by atoms with Crippen LogP contribution in [0, 0.1) is 0 Å². The van der Waals surface area contributed by atoms with Crippen LogP contribution in [0.25, 0.3) is 0 Å². The first-order valence-corrected chi connectivity index (χ1v) is 9.49. The highest BCUT2D eigenvalue weighted by Gasteiger charge is 2.56. The van der Waals surface area contributed by atoms with E-state index in [1.54, 1.807) is 6.08 Å². The van der Waals surface area contributed by atoms with Gasteiger partial charge in [0.2, 0.25) is 0 Å². The molecule has 0 saturated carbocycles. The lowest BCUT2D eigenvalue weighted by Gasteiger charge is -2.38. The topological polar surface area (TPSA) is 29.3 Å². The zero-order valence-electron chi connectivity index (χ0n) is 15.7. The molecule has 3 nitrogen and oxygen atoms in total. The van der Waals surface area contributed by atoms with Gasteiger partial charge in [-0.15, -0.1) is 0 Å². The van der Waals surface area contributed by atoms with Gasteiger partial charge in [0.15, 0.2) is 0 Å². The monoisotopic (exact) mass is 369 g/mol. The van der Waals surface area contributed by atoms with Crippen LogP contribution >= 0.6 is 0 Å². The predicted molar refractivity (Wildman–Crippen MR) is 111 cm³/mol. The second kappa shape index (κ2) is 7.83. The van der Waals surface area contributed by atoms with Crippen molar-refractivity contribution in [2.24, 2.45) is 0 Å². The maximum absolute atomic E-state index is 12.6. The molecular weight excluding hydrogens is 346 g/mol. The van der Waals surface area contributed by atoms with Gasteiger partial charge in [0, 0.05) is 6.54 Å². The summed E-state index contributed by atoms with van der Waals surface area (Å²) in [7, 11) is 0. The Balaban J connectivity index is 1.88. The maximum Gasteiger partial charge on any atom is 0.325 e. The summed E-state index contributed by atoms with van der Waals surface area (Å²) in [6.45, 7) is 4.51. The molecule has 3 aromatic carbocycles. The molecule has 1 heterocycles. The molecule has 0 bridgehead atoms.